The van der Waals surface area contributed by atoms with Gasteiger partial charge in [-0.2, -0.15) is 0 Å². The zero-order valence-corrected chi connectivity index (χ0v) is 8.77. The fourth-order valence-electron chi connectivity index (χ4n) is 0.991. The molecule has 1 atom stereocenters. The van der Waals surface area contributed by atoms with Gasteiger partial charge in [0.25, 0.3) is 0 Å². The summed E-state index contributed by atoms with van der Waals surface area (Å²) in [6.45, 7) is 4.19. The Labute approximate surface area is 83.1 Å². The van der Waals surface area contributed by atoms with Gasteiger partial charge < -0.3 is 10.8 Å². The second-order valence-electron chi connectivity index (χ2n) is 3.13. The molecule has 0 amide bonds. The lowest BCUT2D eigenvalue weighted by Gasteiger charge is -2.08. The Morgan fingerprint density at radius 3 is 2.77 bits per heavy atom. The summed E-state index contributed by atoms with van der Waals surface area (Å²) in [5.41, 5.74) is 7.61. The molecule has 0 saturated heterocycles. The molecule has 0 aromatic heterocycles. The zero-order chi connectivity index (χ0) is 9.84. The highest BCUT2D eigenvalue weighted by atomic mass is 32.2. The fraction of sp³-hybridized carbons (Fsp3) is 0.400. The van der Waals surface area contributed by atoms with Crippen molar-refractivity contribution in [1.29, 1.82) is 0 Å². The van der Waals surface area contributed by atoms with E-state index in [9.17, 15) is 0 Å². The van der Waals surface area contributed by atoms with Crippen molar-refractivity contribution in [2.75, 3.05) is 12.3 Å². The number of nitrogen functional groups attached to an aromatic ring is 1. The first kappa shape index (κ1) is 10.4. The van der Waals surface area contributed by atoms with Crippen LogP contribution in [0.4, 0.5) is 5.69 Å². The summed E-state index contributed by atoms with van der Waals surface area (Å²) >= 11 is 1.66. The number of aryl methyl sites for hydroxylation is 1. The van der Waals surface area contributed by atoms with E-state index in [4.69, 9.17) is 10.8 Å². The third kappa shape index (κ3) is 2.94. The molecule has 2 nitrogen and oxygen atoms in total. The van der Waals surface area contributed by atoms with Crippen LogP contribution in [0.3, 0.4) is 0 Å². The number of aliphatic hydroxyl groups excluding tert-OH is 1. The lowest BCUT2D eigenvalue weighted by Crippen LogP contribution is -2.01. The van der Waals surface area contributed by atoms with Gasteiger partial charge in [0.15, 0.2) is 0 Å². The molecule has 72 valence electrons. The highest BCUT2D eigenvalue weighted by molar-refractivity contribution is 8.00. The average molecular weight is 197 g/mol. The van der Waals surface area contributed by atoms with Gasteiger partial charge in [-0.05, 0) is 30.7 Å². The minimum absolute atomic E-state index is 0.202. The molecule has 0 aliphatic carbocycles. The smallest absolute Gasteiger partial charge is 0.0550 e. The normalized spacial score (nSPS) is 12.8. The zero-order valence-electron chi connectivity index (χ0n) is 7.95. The largest absolute Gasteiger partial charge is 0.399 e. The summed E-state index contributed by atoms with van der Waals surface area (Å²) < 4.78 is 0. The monoisotopic (exact) mass is 197 g/mol. The van der Waals surface area contributed by atoms with E-state index < -0.39 is 0 Å². The van der Waals surface area contributed by atoms with Gasteiger partial charge in [0, 0.05) is 15.8 Å². The third-order valence-corrected chi connectivity index (χ3v) is 2.91. The van der Waals surface area contributed by atoms with Gasteiger partial charge >= 0.3 is 0 Å². The van der Waals surface area contributed by atoms with Gasteiger partial charge in [-0.15, -0.1) is 11.8 Å². The number of hydrogen-bond donors (Lipinski definition) is 2. The van der Waals surface area contributed by atoms with E-state index in [1.54, 1.807) is 11.8 Å². The topological polar surface area (TPSA) is 46.2 Å². The fourth-order valence-corrected chi connectivity index (χ4v) is 1.92. The summed E-state index contributed by atoms with van der Waals surface area (Å²) in [5, 5.41) is 9.11. The minimum Gasteiger partial charge on any atom is -0.399 e. The maximum atomic E-state index is 8.87. The maximum Gasteiger partial charge on any atom is 0.0550 e. The first-order chi connectivity index (χ1) is 6.13. The summed E-state index contributed by atoms with van der Waals surface area (Å²) in [5.74, 6) is 0. The van der Waals surface area contributed by atoms with Crippen LogP contribution in [0.1, 0.15) is 12.5 Å². The molecule has 0 spiro atoms. The van der Waals surface area contributed by atoms with E-state index in [1.807, 2.05) is 32.0 Å². The molecule has 1 aromatic rings. The minimum atomic E-state index is 0.202. The highest BCUT2D eigenvalue weighted by Crippen LogP contribution is 2.25. The van der Waals surface area contributed by atoms with Crippen LogP contribution in [0.5, 0.6) is 0 Å². The summed E-state index contributed by atoms with van der Waals surface area (Å²) in [4.78, 5) is 1.16. The Morgan fingerprint density at radius 2 is 2.23 bits per heavy atom. The lowest BCUT2D eigenvalue weighted by molar-refractivity contribution is 0.300. The molecule has 13 heavy (non-hydrogen) atoms. The molecule has 0 saturated carbocycles. The third-order valence-electron chi connectivity index (χ3n) is 1.84. The SMILES string of the molecule is Cc1cc(SC(C)CO)ccc1N. The van der Waals surface area contributed by atoms with E-state index in [2.05, 4.69) is 0 Å². The van der Waals surface area contributed by atoms with Crippen LogP contribution in [0.2, 0.25) is 0 Å². The molecule has 1 unspecified atom stereocenters. The van der Waals surface area contributed by atoms with E-state index in [0.29, 0.717) is 0 Å². The number of rotatable bonds is 3. The number of nitrogens with two attached hydrogens (primary N) is 1. The van der Waals surface area contributed by atoms with E-state index in [1.165, 1.54) is 0 Å². The van der Waals surface area contributed by atoms with Crippen molar-refractivity contribution < 1.29 is 5.11 Å². The standard InChI is InChI=1S/C10H15NOS/c1-7-5-9(3-4-10(7)11)13-8(2)6-12/h3-5,8,12H,6,11H2,1-2H3. The predicted octanol–water partition coefficient (Wildman–Crippen LogP) is 2.05. The van der Waals surface area contributed by atoms with Crippen molar-refractivity contribution in [3.63, 3.8) is 0 Å². The summed E-state index contributed by atoms with van der Waals surface area (Å²) in [7, 11) is 0. The van der Waals surface area contributed by atoms with Gasteiger partial charge in [-0.25, -0.2) is 0 Å². The number of anilines is 1. The second-order valence-corrected chi connectivity index (χ2v) is 4.64. The lowest BCUT2D eigenvalue weighted by atomic mass is 10.2. The second kappa shape index (κ2) is 4.53. The number of thioether (sulfide) groups is 1. The Hall–Kier alpha value is -0.670. The molecule has 0 bridgehead atoms. The molecular formula is C10H15NOS. The first-order valence-corrected chi connectivity index (χ1v) is 5.15. The van der Waals surface area contributed by atoms with Crippen LogP contribution < -0.4 is 5.73 Å². The molecule has 0 aliphatic rings. The van der Waals surface area contributed by atoms with Gasteiger partial charge in [-0.1, -0.05) is 6.92 Å². The number of benzene rings is 1. The van der Waals surface area contributed by atoms with Crippen molar-refractivity contribution in [2.24, 2.45) is 0 Å². The average Bonchev–Trinajstić information content (AvgIpc) is 2.11. The Bertz CT molecular complexity index is 288. The summed E-state index contributed by atoms with van der Waals surface area (Å²) in [6, 6.07) is 5.94. The molecule has 0 heterocycles. The van der Waals surface area contributed by atoms with Crippen molar-refractivity contribution in [3.05, 3.63) is 23.8 Å². The quantitative estimate of drug-likeness (QED) is 0.576. The van der Waals surface area contributed by atoms with Gasteiger partial charge in [0.1, 0.15) is 0 Å². The molecule has 0 aliphatic heterocycles. The highest BCUT2D eigenvalue weighted by Gasteiger charge is 2.03. The van der Waals surface area contributed by atoms with Crippen molar-refractivity contribution in [1.82, 2.24) is 0 Å². The predicted molar refractivity (Wildman–Crippen MR) is 58.0 cm³/mol. The molecule has 0 radical (unpaired) electrons. The van der Waals surface area contributed by atoms with Gasteiger partial charge in [-0.3, -0.25) is 0 Å². The molecule has 1 aromatic carbocycles. The van der Waals surface area contributed by atoms with E-state index in [0.717, 1.165) is 16.1 Å². The summed E-state index contributed by atoms with van der Waals surface area (Å²) in [6.07, 6.45) is 0. The molecule has 3 N–H and O–H groups in total. The van der Waals surface area contributed by atoms with E-state index >= 15 is 0 Å². The first-order valence-electron chi connectivity index (χ1n) is 4.27. The van der Waals surface area contributed by atoms with E-state index in [-0.39, 0.29) is 11.9 Å². The molecule has 1 rings (SSSR count). The van der Waals surface area contributed by atoms with Crippen molar-refractivity contribution >= 4 is 17.4 Å². The van der Waals surface area contributed by atoms with Crippen LogP contribution in [0, 0.1) is 6.92 Å². The molecular weight excluding hydrogens is 182 g/mol. The number of aliphatic hydroxyl groups is 1. The van der Waals surface area contributed by atoms with Gasteiger partial charge in [0.2, 0.25) is 0 Å². The van der Waals surface area contributed by atoms with Crippen molar-refractivity contribution in [2.45, 2.75) is 24.0 Å². The number of hydrogen-bond acceptors (Lipinski definition) is 3. The molecule has 0 fully saturated rings. The van der Waals surface area contributed by atoms with Crippen LogP contribution >= 0.6 is 11.8 Å². The van der Waals surface area contributed by atoms with Crippen LogP contribution in [-0.2, 0) is 0 Å². The molecule has 3 heteroatoms. The van der Waals surface area contributed by atoms with Gasteiger partial charge in [0.05, 0.1) is 6.61 Å². The Balaban J connectivity index is 2.73. The maximum absolute atomic E-state index is 8.87. The van der Waals surface area contributed by atoms with Crippen LogP contribution in [0.25, 0.3) is 0 Å². The van der Waals surface area contributed by atoms with Crippen LogP contribution in [-0.4, -0.2) is 17.0 Å². The Kier molecular flexibility index (Phi) is 3.63. The van der Waals surface area contributed by atoms with Crippen LogP contribution in [0.15, 0.2) is 23.1 Å². The Morgan fingerprint density at radius 1 is 1.54 bits per heavy atom. The van der Waals surface area contributed by atoms with Crippen molar-refractivity contribution in [3.8, 4) is 0 Å².